The molecule has 1 N–H and O–H groups in total. The van der Waals surface area contributed by atoms with E-state index in [1.54, 1.807) is 11.0 Å². The van der Waals surface area contributed by atoms with E-state index in [-0.39, 0.29) is 25.3 Å². The van der Waals surface area contributed by atoms with E-state index in [0.717, 1.165) is 25.1 Å². The summed E-state index contributed by atoms with van der Waals surface area (Å²) in [4.78, 5) is 19.1. The number of aliphatic hydroxyl groups excluding tert-OH is 1. The normalized spacial score (nSPS) is 21.6. The minimum absolute atomic E-state index is 0.117. The van der Waals surface area contributed by atoms with Crippen LogP contribution in [0.4, 0.5) is 8.78 Å². The van der Waals surface area contributed by atoms with E-state index in [1.165, 1.54) is 11.1 Å². The van der Waals surface area contributed by atoms with Crippen LogP contribution in [0.1, 0.15) is 39.9 Å². The third-order valence-electron chi connectivity index (χ3n) is 7.29. The molecule has 0 bridgehead atoms. The second kappa shape index (κ2) is 10.2. The van der Waals surface area contributed by atoms with Gasteiger partial charge in [0.2, 0.25) is 0 Å². The molecule has 3 aliphatic heterocycles. The van der Waals surface area contributed by atoms with E-state index >= 15 is 0 Å². The molecule has 1 atom stereocenters. The topological polar surface area (TPSA) is 56.3 Å². The summed E-state index contributed by atoms with van der Waals surface area (Å²) in [7, 11) is 0. The van der Waals surface area contributed by atoms with Gasteiger partial charge in [-0.25, -0.2) is 8.78 Å². The number of piperidine rings is 1. The molecule has 0 unspecified atom stereocenters. The van der Waals surface area contributed by atoms with Crippen LogP contribution in [-0.4, -0.2) is 83.6 Å². The molecule has 35 heavy (non-hydrogen) atoms. The third kappa shape index (κ3) is 5.82. The number of benzene rings is 2. The molecule has 0 saturated carbocycles. The Kier molecular flexibility index (Phi) is 7.05. The first-order chi connectivity index (χ1) is 16.9. The lowest BCUT2D eigenvalue weighted by molar-refractivity contribution is -0.0566. The van der Waals surface area contributed by atoms with Gasteiger partial charge in [0.1, 0.15) is 12.4 Å². The molecule has 0 radical (unpaired) electrons. The smallest absolute Gasteiger partial charge is 0.257 e. The van der Waals surface area contributed by atoms with Crippen LogP contribution in [0.5, 0.6) is 5.75 Å². The number of carbonyl (C=O) groups excluding carboxylic acids is 1. The van der Waals surface area contributed by atoms with Gasteiger partial charge in [-0.2, -0.15) is 0 Å². The van der Waals surface area contributed by atoms with Crippen LogP contribution in [-0.2, 0) is 19.5 Å². The first-order valence-corrected chi connectivity index (χ1v) is 12.5. The maximum atomic E-state index is 13.4. The van der Waals surface area contributed by atoms with Gasteiger partial charge in [0, 0.05) is 58.7 Å². The van der Waals surface area contributed by atoms with Crippen molar-refractivity contribution in [2.45, 2.75) is 44.4 Å². The number of carbonyl (C=O) groups is 1. The number of nitrogens with zero attached hydrogens (tertiary/aromatic N) is 3. The molecule has 188 valence electrons. The largest absolute Gasteiger partial charge is 0.491 e. The van der Waals surface area contributed by atoms with E-state index in [0.29, 0.717) is 50.6 Å². The Bertz CT molecular complexity index is 1050. The number of fused-ring (bicyclic) bond motifs is 2. The first-order valence-electron chi connectivity index (χ1n) is 12.5. The highest BCUT2D eigenvalue weighted by molar-refractivity contribution is 5.97. The van der Waals surface area contributed by atoms with Crippen molar-refractivity contribution in [3.05, 3.63) is 64.7 Å². The Hall–Kier alpha value is -2.55. The van der Waals surface area contributed by atoms with E-state index < -0.39 is 12.0 Å². The molecule has 1 amide bonds. The molecular weight excluding hydrogens is 452 g/mol. The monoisotopic (exact) mass is 485 g/mol. The SMILES string of the molecule is O=C1c2ccc(CN3CCC(F)(F)CC3)cc2OCCN1C[C@H](O)CN1CCc2ccccc2C1. The first kappa shape index (κ1) is 24.2. The number of halogens is 2. The van der Waals surface area contributed by atoms with Crippen molar-refractivity contribution in [1.82, 2.24) is 14.7 Å². The summed E-state index contributed by atoms with van der Waals surface area (Å²) in [6.45, 7) is 4.50. The lowest BCUT2D eigenvalue weighted by atomic mass is 10.00. The van der Waals surface area contributed by atoms with Crippen LogP contribution < -0.4 is 4.74 Å². The van der Waals surface area contributed by atoms with Gasteiger partial charge in [-0.1, -0.05) is 30.3 Å². The highest BCUT2D eigenvalue weighted by atomic mass is 19.3. The molecule has 1 saturated heterocycles. The Morgan fingerprint density at radius 2 is 1.74 bits per heavy atom. The van der Waals surface area contributed by atoms with Crippen molar-refractivity contribution < 1.29 is 23.4 Å². The zero-order valence-electron chi connectivity index (χ0n) is 20.0. The molecule has 0 aromatic heterocycles. The number of amides is 1. The Labute approximate surface area is 205 Å². The number of alkyl halides is 2. The molecule has 3 heterocycles. The third-order valence-corrected chi connectivity index (χ3v) is 7.29. The van der Waals surface area contributed by atoms with Crippen LogP contribution in [0.3, 0.4) is 0 Å². The van der Waals surface area contributed by atoms with Gasteiger partial charge in [-0.3, -0.25) is 14.6 Å². The maximum absolute atomic E-state index is 13.4. The number of likely N-dealkylation sites (tertiary alicyclic amines) is 1. The average molecular weight is 486 g/mol. The molecule has 0 spiro atoms. The summed E-state index contributed by atoms with van der Waals surface area (Å²) in [5, 5.41) is 10.8. The fourth-order valence-corrected chi connectivity index (χ4v) is 5.29. The van der Waals surface area contributed by atoms with Gasteiger partial charge in [0.05, 0.1) is 18.2 Å². The predicted molar refractivity (Wildman–Crippen MR) is 129 cm³/mol. The number of ether oxygens (including phenoxy) is 1. The van der Waals surface area contributed by atoms with Gasteiger partial charge in [0.25, 0.3) is 11.8 Å². The zero-order chi connectivity index (χ0) is 24.4. The second-order valence-electron chi connectivity index (χ2n) is 9.97. The highest BCUT2D eigenvalue weighted by Crippen LogP contribution is 2.30. The standard InChI is InChI=1S/C27H33F2N3O3/c28-27(29)8-11-30(12-9-27)16-20-5-6-24-25(15-20)35-14-13-32(26(24)34)19-23(33)18-31-10-7-21-3-1-2-4-22(21)17-31/h1-6,15,23,33H,7-14,16-19H2/t23-/m1/s1. The Morgan fingerprint density at radius 3 is 2.54 bits per heavy atom. The average Bonchev–Trinajstić information content (AvgIpc) is 2.99. The van der Waals surface area contributed by atoms with Crippen LogP contribution in [0.25, 0.3) is 0 Å². The van der Waals surface area contributed by atoms with Crippen molar-refractivity contribution in [3.63, 3.8) is 0 Å². The highest BCUT2D eigenvalue weighted by Gasteiger charge is 2.34. The summed E-state index contributed by atoms with van der Waals surface area (Å²) in [5.74, 6) is -2.18. The van der Waals surface area contributed by atoms with E-state index in [4.69, 9.17) is 4.74 Å². The number of hydrogen-bond donors (Lipinski definition) is 1. The quantitative estimate of drug-likeness (QED) is 0.681. The molecular formula is C27H33F2N3O3. The second-order valence-corrected chi connectivity index (χ2v) is 9.97. The van der Waals surface area contributed by atoms with Crippen molar-refractivity contribution in [2.24, 2.45) is 0 Å². The minimum atomic E-state index is -2.56. The van der Waals surface area contributed by atoms with Crippen LogP contribution >= 0.6 is 0 Å². The zero-order valence-corrected chi connectivity index (χ0v) is 20.0. The fraction of sp³-hybridized carbons (Fsp3) is 0.519. The lowest BCUT2D eigenvalue weighted by Crippen LogP contribution is -2.44. The van der Waals surface area contributed by atoms with Gasteiger partial charge < -0.3 is 14.7 Å². The summed E-state index contributed by atoms with van der Waals surface area (Å²) < 4.78 is 32.8. The molecule has 2 aromatic rings. The van der Waals surface area contributed by atoms with Gasteiger partial charge in [-0.15, -0.1) is 0 Å². The summed E-state index contributed by atoms with van der Waals surface area (Å²) in [5.41, 5.74) is 4.09. The Morgan fingerprint density at radius 1 is 0.971 bits per heavy atom. The van der Waals surface area contributed by atoms with Gasteiger partial charge in [-0.05, 0) is 35.2 Å². The molecule has 5 rings (SSSR count). The minimum Gasteiger partial charge on any atom is -0.491 e. The number of rotatable bonds is 6. The summed E-state index contributed by atoms with van der Waals surface area (Å²) in [6, 6.07) is 13.9. The predicted octanol–water partition coefficient (Wildman–Crippen LogP) is 3.17. The maximum Gasteiger partial charge on any atom is 0.257 e. The van der Waals surface area contributed by atoms with E-state index in [9.17, 15) is 18.7 Å². The van der Waals surface area contributed by atoms with E-state index in [2.05, 4.69) is 23.1 Å². The van der Waals surface area contributed by atoms with Crippen LogP contribution in [0, 0.1) is 0 Å². The van der Waals surface area contributed by atoms with Crippen molar-refractivity contribution in [3.8, 4) is 5.75 Å². The van der Waals surface area contributed by atoms with Crippen molar-refractivity contribution >= 4 is 5.91 Å². The molecule has 2 aromatic carbocycles. The number of β-amino-alcohol motifs (C(OH)–C–C–N with tert-alkyl or cyclic N) is 1. The molecule has 1 fully saturated rings. The van der Waals surface area contributed by atoms with E-state index in [1.807, 2.05) is 23.1 Å². The Balaban J connectivity index is 1.18. The molecule has 0 aliphatic carbocycles. The van der Waals surface area contributed by atoms with Gasteiger partial charge >= 0.3 is 0 Å². The van der Waals surface area contributed by atoms with Crippen molar-refractivity contribution in [1.29, 1.82) is 0 Å². The summed E-state index contributed by atoms with van der Waals surface area (Å²) in [6.07, 6.45) is 0.0827. The number of hydrogen-bond acceptors (Lipinski definition) is 5. The fourth-order valence-electron chi connectivity index (χ4n) is 5.29. The molecule has 8 heteroatoms. The molecule has 6 nitrogen and oxygen atoms in total. The lowest BCUT2D eigenvalue weighted by Gasteiger charge is -2.32. The van der Waals surface area contributed by atoms with Crippen LogP contribution in [0.15, 0.2) is 42.5 Å². The van der Waals surface area contributed by atoms with Crippen LogP contribution in [0.2, 0.25) is 0 Å². The van der Waals surface area contributed by atoms with Gasteiger partial charge in [0.15, 0.2) is 0 Å². The number of aliphatic hydroxyl groups is 1. The molecule has 3 aliphatic rings. The van der Waals surface area contributed by atoms with Crippen molar-refractivity contribution in [2.75, 3.05) is 45.9 Å². The summed E-state index contributed by atoms with van der Waals surface area (Å²) >= 11 is 0.